The molecule has 21 heavy (non-hydrogen) atoms. The van der Waals surface area contributed by atoms with Gasteiger partial charge in [-0.05, 0) is 43.9 Å². The highest BCUT2D eigenvalue weighted by molar-refractivity contribution is 7.82. The molecule has 0 fully saturated rings. The molecule has 1 aromatic rings. The van der Waals surface area contributed by atoms with E-state index in [0.717, 1.165) is 10.7 Å². The maximum absolute atomic E-state index is 12.3. The Morgan fingerprint density at radius 1 is 1.33 bits per heavy atom. The number of rotatable bonds is 3. The number of aromatic hydroxyl groups is 1. The van der Waals surface area contributed by atoms with E-state index in [4.69, 9.17) is 11.6 Å². The van der Waals surface area contributed by atoms with E-state index < -0.39 is 11.6 Å². The molecule has 0 saturated heterocycles. The van der Waals surface area contributed by atoms with Crippen LogP contribution in [0.2, 0.25) is 5.02 Å². The minimum absolute atomic E-state index is 0.0572. The van der Waals surface area contributed by atoms with Gasteiger partial charge in [0.2, 0.25) is 0 Å². The molecule has 0 heterocycles. The van der Waals surface area contributed by atoms with E-state index in [0.29, 0.717) is 5.02 Å². The van der Waals surface area contributed by atoms with E-state index in [-0.39, 0.29) is 16.9 Å². The lowest BCUT2D eigenvalue weighted by atomic mass is 9.82. The minimum atomic E-state index is -0.412. The van der Waals surface area contributed by atoms with Crippen molar-refractivity contribution in [2.75, 3.05) is 4.31 Å². The fraction of sp³-hybridized carbons (Fsp3) is 0.533. The number of carbonyl (C=O) groups is 1. The van der Waals surface area contributed by atoms with Gasteiger partial charge in [0.25, 0.3) is 0 Å². The van der Waals surface area contributed by atoms with Gasteiger partial charge in [-0.1, -0.05) is 45.2 Å². The normalized spacial score (nSPS) is 12.1. The van der Waals surface area contributed by atoms with Crippen molar-refractivity contribution >= 4 is 36.1 Å². The molecule has 2 amide bonds. The SMILES string of the molecule is CC(C)(C)CC(C)(C)NC(=O)N(S)c1cc(Cl)ccc1O. The average molecular weight is 331 g/mol. The number of nitrogens with zero attached hydrogens (tertiary/aromatic N) is 1. The smallest absolute Gasteiger partial charge is 0.332 e. The second kappa shape index (κ2) is 6.36. The molecule has 0 bridgehead atoms. The number of carbonyl (C=O) groups excluding carboxylic acids is 1. The van der Waals surface area contributed by atoms with Crippen molar-refractivity contribution in [1.29, 1.82) is 0 Å². The Labute approximate surface area is 137 Å². The van der Waals surface area contributed by atoms with Crippen molar-refractivity contribution in [3.8, 4) is 5.75 Å². The number of hydrogen-bond donors (Lipinski definition) is 3. The number of phenolic OH excluding ortho intramolecular Hbond substituents is 1. The van der Waals surface area contributed by atoms with E-state index >= 15 is 0 Å². The van der Waals surface area contributed by atoms with Gasteiger partial charge in [-0.15, -0.1) is 0 Å². The number of hydrogen-bond acceptors (Lipinski definition) is 3. The first-order chi connectivity index (χ1) is 9.41. The highest BCUT2D eigenvalue weighted by atomic mass is 35.5. The van der Waals surface area contributed by atoms with Gasteiger partial charge >= 0.3 is 6.03 Å². The number of urea groups is 1. The van der Waals surface area contributed by atoms with E-state index in [1.54, 1.807) is 6.07 Å². The maximum Gasteiger partial charge on any atom is 0.332 e. The molecule has 0 aliphatic carbocycles. The Balaban J connectivity index is 2.86. The van der Waals surface area contributed by atoms with Crippen molar-refractivity contribution in [2.24, 2.45) is 5.41 Å². The van der Waals surface area contributed by atoms with Gasteiger partial charge in [-0.3, -0.25) is 0 Å². The zero-order chi connectivity index (χ0) is 16.4. The van der Waals surface area contributed by atoms with Crippen LogP contribution in [-0.4, -0.2) is 16.7 Å². The molecule has 0 unspecified atom stereocenters. The van der Waals surface area contributed by atoms with Crippen LogP contribution in [-0.2, 0) is 0 Å². The van der Waals surface area contributed by atoms with Crippen molar-refractivity contribution in [3.63, 3.8) is 0 Å². The molecule has 0 spiro atoms. The summed E-state index contributed by atoms with van der Waals surface area (Å²) >= 11 is 10.0. The molecule has 4 nitrogen and oxygen atoms in total. The first-order valence-electron chi connectivity index (χ1n) is 6.71. The number of nitrogens with one attached hydrogen (secondary N) is 1. The lowest BCUT2D eigenvalue weighted by Gasteiger charge is -2.34. The zero-order valence-corrected chi connectivity index (χ0v) is 14.7. The average Bonchev–Trinajstić information content (AvgIpc) is 2.27. The lowest BCUT2D eigenvalue weighted by molar-refractivity contribution is 0.218. The number of phenols is 1. The van der Waals surface area contributed by atoms with Crippen LogP contribution in [0, 0.1) is 5.41 Å². The third-order valence-electron chi connectivity index (χ3n) is 2.78. The van der Waals surface area contributed by atoms with Gasteiger partial charge in [0.15, 0.2) is 0 Å². The first kappa shape index (κ1) is 18.0. The summed E-state index contributed by atoms with van der Waals surface area (Å²) in [5, 5.41) is 13.1. The summed E-state index contributed by atoms with van der Waals surface area (Å²) in [6, 6.07) is 4.04. The third kappa shape index (κ3) is 5.67. The summed E-state index contributed by atoms with van der Waals surface area (Å²) in [5.41, 5.74) is -0.0733. The molecule has 1 rings (SSSR count). The second-order valence-corrected chi connectivity index (χ2v) is 7.83. The molecule has 0 aromatic heterocycles. The standard InChI is InChI=1S/C15H23ClN2O2S/c1-14(2,3)9-15(4,5)17-13(20)18(21)11-8-10(16)6-7-12(11)19/h6-8,19,21H,9H2,1-5H3,(H,17,20). The first-order valence-corrected chi connectivity index (χ1v) is 7.49. The predicted octanol–water partition coefficient (Wildman–Crippen LogP) is 4.62. The summed E-state index contributed by atoms with van der Waals surface area (Å²) < 4.78 is 1.06. The van der Waals surface area contributed by atoms with Crippen molar-refractivity contribution in [3.05, 3.63) is 23.2 Å². The van der Waals surface area contributed by atoms with Crippen molar-refractivity contribution < 1.29 is 9.90 Å². The number of amides is 2. The van der Waals surface area contributed by atoms with Gasteiger partial charge in [0.1, 0.15) is 11.4 Å². The molecular weight excluding hydrogens is 308 g/mol. The van der Waals surface area contributed by atoms with Crippen LogP contribution in [0.3, 0.4) is 0 Å². The molecule has 2 N–H and O–H groups in total. The van der Waals surface area contributed by atoms with E-state index in [1.807, 2.05) is 13.8 Å². The van der Waals surface area contributed by atoms with Gasteiger partial charge in [-0.2, -0.15) is 0 Å². The van der Waals surface area contributed by atoms with Crippen LogP contribution in [0.4, 0.5) is 10.5 Å². The Bertz CT molecular complexity index is 527. The van der Waals surface area contributed by atoms with Crippen molar-refractivity contribution in [1.82, 2.24) is 5.32 Å². The van der Waals surface area contributed by atoms with E-state index in [2.05, 4.69) is 38.9 Å². The topological polar surface area (TPSA) is 52.6 Å². The number of benzene rings is 1. The fourth-order valence-corrected chi connectivity index (χ4v) is 2.86. The Morgan fingerprint density at radius 3 is 2.43 bits per heavy atom. The molecule has 1 aromatic carbocycles. The molecule has 0 radical (unpaired) electrons. The van der Waals surface area contributed by atoms with Crippen LogP contribution < -0.4 is 9.62 Å². The second-order valence-electron chi connectivity index (χ2n) is 7.00. The third-order valence-corrected chi connectivity index (χ3v) is 3.41. The highest BCUT2D eigenvalue weighted by Gasteiger charge is 2.29. The minimum Gasteiger partial charge on any atom is -0.506 e. The van der Waals surface area contributed by atoms with E-state index in [9.17, 15) is 9.90 Å². The zero-order valence-electron chi connectivity index (χ0n) is 13.1. The molecule has 0 atom stereocenters. The molecule has 0 aliphatic rings. The molecule has 118 valence electrons. The van der Waals surface area contributed by atoms with Gasteiger partial charge in [0.05, 0.1) is 0 Å². The lowest BCUT2D eigenvalue weighted by Crippen LogP contribution is -2.49. The number of thiol groups is 1. The summed E-state index contributed by atoms with van der Waals surface area (Å²) in [6.07, 6.45) is 0.800. The Kier molecular flexibility index (Phi) is 5.45. The van der Waals surface area contributed by atoms with Crippen LogP contribution in [0.15, 0.2) is 18.2 Å². The molecule has 0 saturated carbocycles. The molecular formula is C15H23ClN2O2S. The van der Waals surface area contributed by atoms with Gasteiger partial charge in [-0.25, -0.2) is 9.10 Å². The van der Waals surface area contributed by atoms with Crippen LogP contribution in [0.1, 0.15) is 41.0 Å². The monoisotopic (exact) mass is 330 g/mol. The summed E-state index contributed by atoms with van der Waals surface area (Å²) in [7, 11) is 0. The van der Waals surface area contributed by atoms with Crippen LogP contribution in [0.25, 0.3) is 0 Å². The number of anilines is 1. The Hall–Kier alpha value is -1.07. The van der Waals surface area contributed by atoms with Crippen LogP contribution >= 0.6 is 24.4 Å². The van der Waals surface area contributed by atoms with Gasteiger partial charge in [0, 0.05) is 10.6 Å². The predicted molar refractivity (Wildman–Crippen MR) is 91.3 cm³/mol. The maximum atomic E-state index is 12.3. The summed E-state index contributed by atoms with van der Waals surface area (Å²) in [6.45, 7) is 10.2. The quantitative estimate of drug-likeness (QED) is 0.708. The number of halogens is 1. The molecule has 6 heteroatoms. The van der Waals surface area contributed by atoms with Crippen LogP contribution in [0.5, 0.6) is 5.75 Å². The van der Waals surface area contributed by atoms with Gasteiger partial charge < -0.3 is 10.4 Å². The van der Waals surface area contributed by atoms with E-state index in [1.165, 1.54) is 12.1 Å². The fourth-order valence-electron chi connectivity index (χ4n) is 2.49. The molecule has 0 aliphatic heterocycles. The summed E-state index contributed by atoms with van der Waals surface area (Å²) in [5.74, 6) is -0.0572. The summed E-state index contributed by atoms with van der Waals surface area (Å²) in [4.78, 5) is 12.3. The Morgan fingerprint density at radius 2 is 1.90 bits per heavy atom. The highest BCUT2D eigenvalue weighted by Crippen LogP contribution is 2.32. The largest absolute Gasteiger partial charge is 0.506 e. The van der Waals surface area contributed by atoms with Crippen molar-refractivity contribution in [2.45, 2.75) is 46.6 Å².